The van der Waals surface area contributed by atoms with E-state index in [1.54, 1.807) is 12.1 Å². The monoisotopic (exact) mass is 517 g/mol. The molecular weight excluding hydrogens is 494 g/mol. The summed E-state index contributed by atoms with van der Waals surface area (Å²) in [4.78, 5) is 35.4. The van der Waals surface area contributed by atoms with Crippen LogP contribution in [-0.4, -0.2) is 61.8 Å². The Labute approximate surface area is 210 Å². The van der Waals surface area contributed by atoms with Crippen LogP contribution in [0, 0.1) is 10.1 Å². The Kier molecular flexibility index (Phi) is 8.67. The lowest BCUT2D eigenvalue weighted by Crippen LogP contribution is -2.41. The van der Waals surface area contributed by atoms with E-state index in [2.05, 4.69) is 20.8 Å². The summed E-state index contributed by atoms with van der Waals surface area (Å²) in [6.07, 6.45) is 1.33. The zero-order chi connectivity index (χ0) is 26.2. The lowest BCUT2D eigenvalue weighted by atomic mass is 10.2. The highest BCUT2D eigenvalue weighted by Gasteiger charge is 2.31. The number of nitro benzene ring substituents is 1. The van der Waals surface area contributed by atoms with Crippen LogP contribution in [0.1, 0.15) is 12.0 Å². The smallest absolute Gasteiger partial charge is 0.273 e. The maximum Gasteiger partial charge on any atom is 0.273 e. The molecule has 0 bridgehead atoms. The number of carbonyl (C=O) groups is 2. The SMILES string of the molecule is COc1cc([N+](=O)[O-])ccc1NC(=O)[C@@H]1CC(=O)NC(=N/N=C\c2cc(OC)c(OC)c(OC)c2)S1. The number of non-ortho nitro benzene ring substituents is 1. The minimum atomic E-state index is -0.811. The van der Waals surface area contributed by atoms with Crippen LogP contribution < -0.4 is 29.6 Å². The first-order chi connectivity index (χ1) is 17.3. The summed E-state index contributed by atoms with van der Waals surface area (Å²) < 4.78 is 21.0. The summed E-state index contributed by atoms with van der Waals surface area (Å²) in [5.74, 6) is 0.507. The number of thioether (sulfide) groups is 1. The van der Waals surface area contributed by atoms with E-state index in [0.717, 1.165) is 11.8 Å². The van der Waals surface area contributed by atoms with Crippen molar-refractivity contribution in [2.45, 2.75) is 11.7 Å². The number of nitro groups is 1. The molecule has 190 valence electrons. The standard InChI is InChI=1S/C22H23N5O8S/c1-32-15-9-13(27(30)31)5-6-14(15)24-21(29)18-10-19(28)25-22(36-18)26-23-11-12-7-16(33-2)20(35-4)17(8-12)34-3/h5-9,11,18H,10H2,1-4H3,(H,24,29)(H,25,26,28)/b23-11-/t18-/m0/s1. The molecule has 0 aromatic heterocycles. The maximum absolute atomic E-state index is 12.8. The number of rotatable bonds is 9. The first-order valence-corrected chi connectivity index (χ1v) is 11.2. The number of hydrogen-bond acceptors (Lipinski definition) is 11. The second-order valence-electron chi connectivity index (χ2n) is 7.10. The molecule has 3 rings (SSSR count). The quantitative estimate of drug-likeness (QED) is 0.289. The molecule has 2 amide bonds. The molecule has 36 heavy (non-hydrogen) atoms. The van der Waals surface area contributed by atoms with Gasteiger partial charge in [-0.15, -0.1) is 5.10 Å². The van der Waals surface area contributed by atoms with Crippen molar-refractivity contribution in [2.24, 2.45) is 10.2 Å². The predicted octanol–water partition coefficient (Wildman–Crippen LogP) is 2.58. The number of hydrogen-bond donors (Lipinski definition) is 2. The van der Waals surface area contributed by atoms with Crippen LogP contribution in [0.3, 0.4) is 0 Å². The van der Waals surface area contributed by atoms with E-state index in [9.17, 15) is 19.7 Å². The molecule has 2 aromatic rings. The molecule has 1 aliphatic rings. The van der Waals surface area contributed by atoms with Gasteiger partial charge in [-0.1, -0.05) is 11.8 Å². The fourth-order valence-electron chi connectivity index (χ4n) is 3.17. The Balaban J connectivity index is 1.74. The van der Waals surface area contributed by atoms with Crippen LogP contribution in [0.2, 0.25) is 0 Å². The summed E-state index contributed by atoms with van der Waals surface area (Å²) in [7, 11) is 5.80. The van der Waals surface area contributed by atoms with Crippen molar-refractivity contribution < 1.29 is 33.5 Å². The van der Waals surface area contributed by atoms with E-state index in [4.69, 9.17) is 18.9 Å². The number of amidine groups is 1. The summed E-state index contributed by atoms with van der Waals surface area (Å²) in [6, 6.07) is 7.14. The van der Waals surface area contributed by atoms with E-state index in [1.165, 1.54) is 52.9 Å². The van der Waals surface area contributed by atoms with Crippen molar-refractivity contribution in [1.82, 2.24) is 5.32 Å². The van der Waals surface area contributed by atoms with Gasteiger partial charge in [0, 0.05) is 18.1 Å². The number of anilines is 1. The molecule has 1 atom stereocenters. The third kappa shape index (κ3) is 6.21. The van der Waals surface area contributed by atoms with Crippen LogP contribution in [0.25, 0.3) is 0 Å². The molecule has 0 spiro atoms. The van der Waals surface area contributed by atoms with Gasteiger partial charge in [-0.3, -0.25) is 19.7 Å². The second kappa shape index (κ2) is 11.9. The van der Waals surface area contributed by atoms with E-state index in [0.29, 0.717) is 22.8 Å². The summed E-state index contributed by atoms with van der Waals surface area (Å²) in [6.45, 7) is 0. The molecule has 2 aromatic carbocycles. The normalized spacial score (nSPS) is 16.4. The van der Waals surface area contributed by atoms with Gasteiger partial charge in [0.05, 0.1) is 51.3 Å². The van der Waals surface area contributed by atoms with Gasteiger partial charge in [-0.2, -0.15) is 5.10 Å². The summed E-state index contributed by atoms with van der Waals surface area (Å²) in [5, 5.41) is 23.5. The fourth-order valence-corrected chi connectivity index (χ4v) is 4.11. The summed E-state index contributed by atoms with van der Waals surface area (Å²) >= 11 is 1.01. The number of nitrogens with zero attached hydrogens (tertiary/aromatic N) is 3. The lowest BCUT2D eigenvalue weighted by Gasteiger charge is -2.22. The van der Waals surface area contributed by atoms with Crippen molar-refractivity contribution >= 4 is 46.3 Å². The second-order valence-corrected chi connectivity index (χ2v) is 8.29. The molecule has 1 fully saturated rings. The van der Waals surface area contributed by atoms with Gasteiger partial charge in [0.15, 0.2) is 16.7 Å². The van der Waals surface area contributed by atoms with Gasteiger partial charge in [-0.05, 0) is 18.2 Å². The number of nitrogens with one attached hydrogen (secondary N) is 2. The largest absolute Gasteiger partial charge is 0.494 e. The van der Waals surface area contributed by atoms with Crippen molar-refractivity contribution in [3.8, 4) is 23.0 Å². The fraction of sp³-hybridized carbons (Fsp3) is 0.273. The number of ether oxygens (including phenoxy) is 4. The minimum absolute atomic E-state index is 0.0958. The van der Waals surface area contributed by atoms with Crippen LogP contribution in [0.15, 0.2) is 40.5 Å². The van der Waals surface area contributed by atoms with Crippen LogP contribution in [0.4, 0.5) is 11.4 Å². The van der Waals surface area contributed by atoms with Crippen molar-refractivity contribution in [3.05, 3.63) is 46.0 Å². The average molecular weight is 518 g/mol. The predicted molar refractivity (Wildman–Crippen MR) is 134 cm³/mol. The molecular formula is C22H23N5O8S. The zero-order valence-electron chi connectivity index (χ0n) is 19.8. The van der Waals surface area contributed by atoms with E-state index >= 15 is 0 Å². The molecule has 0 unspecified atom stereocenters. The Hall–Kier alpha value is -4.33. The lowest BCUT2D eigenvalue weighted by molar-refractivity contribution is -0.384. The Morgan fingerprint density at radius 1 is 1.11 bits per heavy atom. The van der Waals surface area contributed by atoms with E-state index in [1.807, 2.05) is 0 Å². The Bertz CT molecular complexity index is 1210. The summed E-state index contributed by atoms with van der Waals surface area (Å²) in [5.41, 5.74) is 0.648. The van der Waals surface area contributed by atoms with Gasteiger partial charge in [0.2, 0.25) is 17.6 Å². The van der Waals surface area contributed by atoms with Crippen LogP contribution in [0.5, 0.6) is 23.0 Å². The molecule has 1 heterocycles. The highest BCUT2D eigenvalue weighted by atomic mass is 32.2. The third-order valence-corrected chi connectivity index (χ3v) is 5.93. The molecule has 14 heteroatoms. The first kappa shape index (κ1) is 26.3. The molecule has 1 aliphatic heterocycles. The van der Waals surface area contributed by atoms with Gasteiger partial charge >= 0.3 is 0 Å². The Morgan fingerprint density at radius 2 is 1.78 bits per heavy atom. The highest BCUT2D eigenvalue weighted by molar-refractivity contribution is 8.15. The van der Waals surface area contributed by atoms with Crippen LogP contribution >= 0.6 is 11.8 Å². The van der Waals surface area contributed by atoms with Gasteiger partial charge < -0.3 is 29.6 Å². The Morgan fingerprint density at radius 3 is 2.36 bits per heavy atom. The minimum Gasteiger partial charge on any atom is -0.494 e. The van der Waals surface area contributed by atoms with Gasteiger partial charge in [-0.25, -0.2) is 0 Å². The number of benzene rings is 2. The highest BCUT2D eigenvalue weighted by Crippen LogP contribution is 2.37. The van der Waals surface area contributed by atoms with E-state index in [-0.39, 0.29) is 28.7 Å². The van der Waals surface area contributed by atoms with Crippen LogP contribution in [-0.2, 0) is 9.59 Å². The number of amides is 2. The average Bonchev–Trinajstić information content (AvgIpc) is 2.87. The van der Waals surface area contributed by atoms with Gasteiger partial charge in [0.25, 0.3) is 5.69 Å². The first-order valence-electron chi connectivity index (χ1n) is 10.3. The number of carbonyl (C=O) groups excluding carboxylic acids is 2. The zero-order valence-corrected chi connectivity index (χ0v) is 20.6. The van der Waals surface area contributed by atoms with Gasteiger partial charge in [0.1, 0.15) is 11.0 Å². The number of methoxy groups -OCH3 is 4. The topological polar surface area (TPSA) is 163 Å². The molecule has 0 radical (unpaired) electrons. The van der Waals surface area contributed by atoms with E-state index < -0.39 is 22.0 Å². The molecule has 2 N–H and O–H groups in total. The third-order valence-electron chi connectivity index (χ3n) is 4.86. The molecule has 1 saturated heterocycles. The van der Waals surface area contributed by atoms with Crippen molar-refractivity contribution in [1.29, 1.82) is 0 Å². The van der Waals surface area contributed by atoms with Crippen molar-refractivity contribution in [3.63, 3.8) is 0 Å². The molecule has 0 saturated carbocycles. The molecule has 13 nitrogen and oxygen atoms in total. The maximum atomic E-state index is 12.8. The molecule has 0 aliphatic carbocycles. The van der Waals surface area contributed by atoms with Crippen molar-refractivity contribution in [2.75, 3.05) is 33.8 Å².